The fourth-order valence-electron chi connectivity index (χ4n) is 2.67. The van der Waals surface area contributed by atoms with Crippen molar-refractivity contribution in [2.45, 2.75) is 6.92 Å². The third-order valence-electron chi connectivity index (χ3n) is 4.05. The predicted molar refractivity (Wildman–Crippen MR) is 111 cm³/mol. The van der Waals surface area contributed by atoms with Crippen molar-refractivity contribution >= 4 is 34.9 Å². The molecule has 2 aromatic carbocycles. The molecule has 4 aromatic rings. The van der Waals surface area contributed by atoms with Gasteiger partial charge in [-0.05, 0) is 43.3 Å². The molecule has 2 amide bonds. The van der Waals surface area contributed by atoms with Gasteiger partial charge in [0, 0.05) is 10.4 Å². The van der Waals surface area contributed by atoms with E-state index in [1.807, 2.05) is 43.3 Å². The van der Waals surface area contributed by atoms with Crippen molar-refractivity contribution in [2.24, 2.45) is 0 Å². The van der Waals surface area contributed by atoms with Crippen LogP contribution < -0.4 is 10.6 Å². The zero-order valence-corrected chi connectivity index (χ0v) is 16.2. The fourth-order valence-corrected chi connectivity index (χ4v) is 3.43. The Kier molecular flexibility index (Phi) is 5.17. The Bertz CT molecular complexity index is 1170. The number of thiophene rings is 1. The SMILES string of the molecule is Cc1ccc(C(=O)Nc2ccccc2C(=O)Nc2nnc(-c3ccccc3)o2)s1. The Morgan fingerprint density at radius 1 is 0.862 bits per heavy atom. The summed E-state index contributed by atoms with van der Waals surface area (Å²) in [6.07, 6.45) is 0. The monoisotopic (exact) mass is 404 g/mol. The van der Waals surface area contributed by atoms with Crippen LogP contribution in [0.3, 0.4) is 0 Å². The van der Waals surface area contributed by atoms with Crippen LogP contribution in [0.15, 0.2) is 71.1 Å². The Hall–Kier alpha value is -3.78. The van der Waals surface area contributed by atoms with E-state index >= 15 is 0 Å². The lowest BCUT2D eigenvalue weighted by Crippen LogP contribution is -2.17. The number of carbonyl (C=O) groups is 2. The summed E-state index contributed by atoms with van der Waals surface area (Å²) in [7, 11) is 0. The smallest absolute Gasteiger partial charge is 0.322 e. The average molecular weight is 404 g/mol. The molecule has 7 nitrogen and oxygen atoms in total. The van der Waals surface area contributed by atoms with Crippen LogP contribution in [0.5, 0.6) is 0 Å². The van der Waals surface area contributed by atoms with Crippen molar-refractivity contribution in [2.75, 3.05) is 10.6 Å². The minimum Gasteiger partial charge on any atom is -0.403 e. The molecule has 0 unspecified atom stereocenters. The Labute approximate surface area is 170 Å². The number of amides is 2. The number of para-hydroxylation sites is 1. The van der Waals surface area contributed by atoms with E-state index in [9.17, 15) is 9.59 Å². The number of rotatable bonds is 5. The van der Waals surface area contributed by atoms with Gasteiger partial charge in [0.25, 0.3) is 11.8 Å². The highest BCUT2D eigenvalue weighted by atomic mass is 32.1. The van der Waals surface area contributed by atoms with Gasteiger partial charge < -0.3 is 9.73 Å². The lowest BCUT2D eigenvalue weighted by molar-refractivity contribution is 0.102. The first-order chi connectivity index (χ1) is 14.1. The van der Waals surface area contributed by atoms with Gasteiger partial charge in [0.1, 0.15) is 0 Å². The normalized spacial score (nSPS) is 10.5. The second-order valence-electron chi connectivity index (χ2n) is 6.14. The zero-order valence-electron chi connectivity index (χ0n) is 15.4. The van der Waals surface area contributed by atoms with Gasteiger partial charge in [-0.3, -0.25) is 14.9 Å². The lowest BCUT2D eigenvalue weighted by Gasteiger charge is -2.09. The summed E-state index contributed by atoms with van der Waals surface area (Å²) >= 11 is 1.39. The van der Waals surface area contributed by atoms with Crippen molar-refractivity contribution in [1.29, 1.82) is 0 Å². The van der Waals surface area contributed by atoms with E-state index in [0.29, 0.717) is 16.5 Å². The van der Waals surface area contributed by atoms with Crippen molar-refractivity contribution in [3.63, 3.8) is 0 Å². The first-order valence-corrected chi connectivity index (χ1v) is 9.59. The summed E-state index contributed by atoms with van der Waals surface area (Å²) in [5.41, 5.74) is 1.43. The number of benzene rings is 2. The molecule has 0 bridgehead atoms. The lowest BCUT2D eigenvalue weighted by atomic mass is 10.1. The van der Waals surface area contributed by atoms with Crippen LogP contribution in [-0.2, 0) is 0 Å². The molecule has 0 saturated carbocycles. The molecule has 4 rings (SSSR count). The van der Waals surface area contributed by atoms with Gasteiger partial charge >= 0.3 is 6.01 Å². The van der Waals surface area contributed by atoms with Crippen molar-refractivity contribution < 1.29 is 14.0 Å². The van der Waals surface area contributed by atoms with Crippen LogP contribution in [-0.4, -0.2) is 22.0 Å². The minimum atomic E-state index is -0.466. The molecule has 2 aromatic heterocycles. The van der Waals surface area contributed by atoms with Gasteiger partial charge in [0.05, 0.1) is 16.1 Å². The third kappa shape index (κ3) is 4.22. The molecular weight excluding hydrogens is 388 g/mol. The van der Waals surface area contributed by atoms with E-state index in [1.165, 1.54) is 11.3 Å². The number of aryl methyl sites for hydroxylation is 1. The molecule has 144 valence electrons. The average Bonchev–Trinajstić information content (AvgIpc) is 3.38. The highest BCUT2D eigenvalue weighted by Gasteiger charge is 2.17. The van der Waals surface area contributed by atoms with Gasteiger partial charge in [0.15, 0.2) is 0 Å². The Morgan fingerprint density at radius 2 is 1.62 bits per heavy atom. The number of nitrogens with zero attached hydrogens (tertiary/aromatic N) is 2. The quantitative estimate of drug-likeness (QED) is 0.506. The number of hydrogen-bond donors (Lipinski definition) is 2. The zero-order chi connectivity index (χ0) is 20.2. The Balaban J connectivity index is 1.51. The van der Waals surface area contributed by atoms with Gasteiger partial charge in [-0.15, -0.1) is 16.4 Å². The molecule has 0 spiro atoms. The number of carbonyl (C=O) groups excluding carboxylic acids is 2. The largest absolute Gasteiger partial charge is 0.403 e. The van der Waals surface area contributed by atoms with Gasteiger partial charge in [-0.1, -0.05) is 35.4 Å². The van der Waals surface area contributed by atoms with Gasteiger partial charge in [-0.25, -0.2) is 0 Å². The maximum Gasteiger partial charge on any atom is 0.322 e. The Morgan fingerprint density at radius 3 is 2.38 bits per heavy atom. The molecule has 0 aliphatic heterocycles. The molecule has 0 fully saturated rings. The maximum absolute atomic E-state index is 12.7. The number of anilines is 2. The van der Waals surface area contributed by atoms with Crippen molar-refractivity contribution in [1.82, 2.24) is 10.2 Å². The molecule has 2 heterocycles. The van der Waals surface area contributed by atoms with E-state index < -0.39 is 5.91 Å². The van der Waals surface area contributed by atoms with E-state index in [0.717, 1.165) is 10.4 Å². The molecule has 0 radical (unpaired) electrons. The molecule has 0 saturated heterocycles. The second-order valence-corrected chi connectivity index (χ2v) is 7.43. The molecular formula is C21H16N4O3S. The molecule has 8 heteroatoms. The fraction of sp³-hybridized carbons (Fsp3) is 0.0476. The minimum absolute atomic E-state index is 0.0242. The molecule has 29 heavy (non-hydrogen) atoms. The highest BCUT2D eigenvalue weighted by Crippen LogP contribution is 2.22. The summed E-state index contributed by atoms with van der Waals surface area (Å²) in [6.45, 7) is 1.93. The van der Waals surface area contributed by atoms with Crippen LogP contribution >= 0.6 is 11.3 Å². The van der Waals surface area contributed by atoms with Crippen LogP contribution in [0.2, 0.25) is 0 Å². The number of aromatic nitrogens is 2. The third-order valence-corrected chi connectivity index (χ3v) is 5.05. The topological polar surface area (TPSA) is 97.1 Å². The summed E-state index contributed by atoms with van der Waals surface area (Å²) < 4.78 is 5.52. The van der Waals surface area contributed by atoms with Crippen LogP contribution in [0.1, 0.15) is 24.9 Å². The van der Waals surface area contributed by atoms with Crippen molar-refractivity contribution in [3.05, 3.63) is 82.0 Å². The van der Waals surface area contributed by atoms with Crippen LogP contribution in [0.4, 0.5) is 11.7 Å². The maximum atomic E-state index is 12.7. The summed E-state index contributed by atoms with van der Waals surface area (Å²) in [5.74, 6) is -0.436. The van der Waals surface area contributed by atoms with Gasteiger partial charge in [-0.2, -0.15) is 0 Å². The highest BCUT2D eigenvalue weighted by molar-refractivity contribution is 7.14. The summed E-state index contributed by atoms with van der Waals surface area (Å²) in [6, 6.07) is 19.6. The van der Waals surface area contributed by atoms with E-state index in [-0.39, 0.29) is 17.5 Å². The van der Waals surface area contributed by atoms with E-state index in [4.69, 9.17) is 4.42 Å². The summed E-state index contributed by atoms with van der Waals surface area (Å²) in [5, 5.41) is 13.2. The number of hydrogen-bond acceptors (Lipinski definition) is 6. The van der Waals surface area contributed by atoms with E-state index in [1.54, 1.807) is 30.3 Å². The van der Waals surface area contributed by atoms with Gasteiger partial charge in [0.2, 0.25) is 5.89 Å². The summed E-state index contributed by atoms with van der Waals surface area (Å²) in [4.78, 5) is 26.8. The standard InChI is InChI=1S/C21H16N4O3S/c1-13-11-12-17(29-13)19(27)22-16-10-6-5-9-15(16)18(26)23-21-25-24-20(28-21)14-7-3-2-4-8-14/h2-12H,1H3,(H,22,27)(H,23,25,26). The van der Waals surface area contributed by atoms with E-state index in [2.05, 4.69) is 20.8 Å². The van der Waals surface area contributed by atoms with Crippen molar-refractivity contribution in [3.8, 4) is 11.5 Å². The number of nitrogens with one attached hydrogen (secondary N) is 2. The molecule has 0 aliphatic carbocycles. The first-order valence-electron chi connectivity index (χ1n) is 8.77. The predicted octanol–water partition coefficient (Wildman–Crippen LogP) is 4.61. The van der Waals surface area contributed by atoms with Crippen LogP contribution in [0, 0.1) is 6.92 Å². The molecule has 2 N–H and O–H groups in total. The first kappa shape index (κ1) is 18.6. The second kappa shape index (κ2) is 8.07. The van der Waals surface area contributed by atoms with Crippen LogP contribution in [0.25, 0.3) is 11.5 Å². The molecule has 0 atom stereocenters. The molecule has 0 aliphatic rings.